The third kappa shape index (κ3) is 7.97. The van der Waals surface area contributed by atoms with E-state index in [2.05, 4.69) is 10.6 Å². The van der Waals surface area contributed by atoms with Gasteiger partial charge >= 0.3 is 0 Å². The molecule has 0 saturated heterocycles. The van der Waals surface area contributed by atoms with Crippen LogP contribution in [0.2, 0.25) is 5.02 Å². The SMILES string of the molecule is COCOc1ccc(Cl)cc1C(=O)NCC(C)(C)CC(=O)Nc1c(CCN(C)C)n(C)n(-c2ccccc2)c1=O. The van der Waals surface area contributed by atoms with Crippen LogP contribution in [0, 0.1) is 5.41 Å². The van der Waals surface area contributed by atoms with Crippen LogP contribution >= 0.6 is 11.6 Å². The number of carbonyl (C=O) groups excluding carboxylic acids is 2. The number of carbonyl (C=O) groups is 2. The Morgan fingerprint density at radius 3 is 2.45 bits per heavy atom. The number of benzene rings is 2. The molecule has 3 rings (SSSR count). The zero-order valence-electron chi connectivity index (χ0n) is 23.9. The molecule has 0 aliphatic heterocycles. The largest absolute Gasteiger partial charge is 0.467 e. The van der Waals surface area contributed by atoms with E-state index >= 15 is 0 Å². The second kappa shape index (κ2) is 13.6. The zero-order valence-corrected chi connectivity index (χ0v) is 24.7. The van der Waals surface area contributed by atoms with Crippen molar-refractivity contribution >= 4 is 29.1 Å². The molecule has 0 saturated carbocycles. The number of anilines is 1. The van der Waals surface area contributed by atoms with Crippen molar-refractivity contribution in [3.8, 4) is 11.4 Å². The third-order valence-corrected chi connectivity index (χ3v) is 6.57. The fourth-order valence-corrected chi connectivity index (χ4v) is 4.45. The second-order valence-corrected chi connectivity index (χ2v) is 11.1. The number of methoxy groups -OCH3 is 1. The predicted octanol–water partition coefficient (Wildman–Crippen LogP) is 3.70. The molecule has 0 aliphatic carbocycles. The number of nitrogens with one attached hydrogen (secondary N) is 2. The number of nitrogens with zero attached hydrogens (tertiary/aromatic N) is 3. The highest BCUT2D eigenvalue weighted by molar-refractivity contribution is 6.31. The number of halogens is 1. The summed E-state index contributed by atoms with van der Waals surface area (Å²) >= 11 is 6.10. The molecule has 1 aromatic heterocycles. The molecule has 3 aromatic rings. The van der Waals surface area contributed by atoms with Crippen LogP contribution in [0.3, 0.4) is 0 Å². The average molecular weight is 572 g/mol. The van der Waals surface area contributed by atoms with Gasteiger partial charge in [-0.15, -0.1) is 0 Å². The van der Waals surface area contributed by atoms with E-state index in [0.29, 0.717) is 29.4 Å². The minimum atomic E-state index is -0.622. The van der Waals surface area contributed by atoms with E-state index < -0.39 is 5.41 Å². The minimum Gasteiger partial charge on any atom is -0.467 e. The number of para-hydroxylation sites is 1. The van der Waals surface area contributed by atoms with Gasteiger partial charge < -0.3 is 25.0 Å². The normalized spacial score (nSPS) is 11.5. The fourth-order valence-electron chi connectivity index (χ4n) is 4.27. The lowest BCUT2D eigenvalue weighted by Crippen LogP contribution is -2.37. The molecular formula is C29H38ClN5O5. The number of ether oxygens (including phenoxy) is 2. The van der Waals surface area contributed by atoms with Gasteiger partial charge in [-0.1, -0.05) is 43.6 Å². The molecule has 0 aliphatic rings. The van der Waals surface area contributed by atoms with Gasteiger partial charge in [0.2, 0.25) is 5.91 Å². The number of aromatic nitrogens is 2. The van der Waals surface area contributed by atoms with E-state index in [4.69, 9.17) is 21.1 Å². The number of hydrogen-bond donors (Lipinski definition) is 2. The maximum absolute atomic E-state index is 13.5. The molecule has 0 radical (unpaired) electrons. The monoisotopic (exact) mass is 571 g/mol. The highest BCUT2D eigenvalue weighted by Gasteiger charge is 2.27. The zero-order chi connectivity index (χ0) is 29.4. The molecule has 0 unspecified atom stereocenters. The van der Waals surface area contributed by atoms with Gasteiger partial charge in [0, 0.05) is 45.1 Å². The number of amides is 2. The summed E-state index contributed by atoms with van der Waals surface area (Å²) in [6, 6.07) is 14.0. The molecule has 10 nitrogen and oxygen atoms in total. The topological polar surface area (TPSA) is 107 Å². The first kappa shape index (κ1) is 30.9. The lowest BCUT2D eigenvalue weighted by atomic mass is 9.88. The van der Waals surface area contributed by atoms with Crippen LogP contribution in [0.15, 0.2) is 53.3 Å². The van der Waals surface area contributed by atoms with Crippen molar-refractivity contribution in [2.75, 3.05) is 46.4 Å². The maximum atomic E-state index is 13.5. The second-order valence-electron chi connectivity index (χ2n) is 10.6. The number of likely N-dealkylation sites (N-methyl/N-ethyl adjacent to an activating group) is 1. The van der Waals surface area contributed by atoms with Crippen molar-refractivity contribution < 1.29 is 19.1 Å². The van der Waals surface area contributed by atoms with Crippen molar-refractivity contribution in [3.05, 3.63) is 75.2 Å². The Labute approximate surface area is 239 Å². The van der Waals surface area contributed by atoms with Gasteiger partial charge in [-0.05, 0) is 49.8 Å². The van der Waals surface area contributed by atoms with E-state index in [1.54, 1.807) is 21.5 Å². The van der Waals surface area contributed by atoms with Gasteiger partial charge in [0.15, 0.2) is 6.79 Å². The quantitative estimate of drug-likeness (QED) is 0.303. The van der Waals surface area contributed by atoms with E-state index in [1.165, 1.54) is 13.2 Å². The summed E-state index contributed by atoms with van der Waals surface area (Å²) in [5.74, 6) is -0.370. The van der Waals surface area contributed by atoms with E-state index in [-0.39, 0.29) is 48.4 Å². The molecule has 1 heterocycles. The molecule has 40 heavy (non-hydrogen) atoms. The fraction of sp³-hybridized carbons (Fsp3) is 0.414. The van der Waals surface area contributed by atoms with Crippen molar-refractivity contribution in [3.63, 3.8) is 0 Å². The van der Waals surface area contributed by atoms with Gasteiger partial charge in [0.05, 0.1) is 16.9 Å². The Balaban J connectivity index is 1.75. The van der Waals surface area contributed by atoms with Crippen molar-refractivity contribution in [2.45, 2.75) is 26.7 Å². The average Bonchev–Trinajstić information content (AvgIpc) is 3.13. The first-order valence-electron chi connectivity index (χ1n) is 12.9. The smallest absolute Gasteiger partial charge is 0.295 e. The molecule has 0 spiro atoms. The summed E-state index contributed by atoms with van der Waals surface area (Å²) in [4.78, 5) is 41.7. The van der Waals surface area contributed by atoms with Gasteiger partial charge in [-0.25, -0.2) is 4.68 Å². The predicted molar refractivity (Wildman–Crippen MR) is 157 cm³/mol. The Morgan fingerprint density at radius 2 is 1.80 bits per heavy atom. The molecule has 0 atom stereocenters. The van der Waals surface area contributed by atoms with Crippen LogP contribution < -0.4 is 20.9 Å². The molecule has 2 amide bonds. The van der Waals surface area contributed by atoms with Crippen LogP contribution in [-0.4, -0.2) is 67.2 Å². The van der Waals surface area contributed by atoms with Crippen LogP contribution in [0.5, 0.6) is 5.75 Å². The van der Waals surface area contributed by atoms with Crippen LogP contribution in [-0.2, 0) is 23.0 Å². The lowest BCUT2D eigenvalue weighted by Gasteiger charge is -2.24. The van der Waals surface area contributed by atoms with Crippen LogP contribution in [0.1, 0.15) is 36.3 Å². The first-order valence-corrected chi connectivity index (χ1v) is 13.3. The molecule has 0 fully saturated rings. The van der Waals surface area contributed by atoms with Crippen molar-refractivity contribution in [1.82, 2.24) is 19.6 Å². The molecule has 2 N–H and O–H groups in total. The molecule has 2 aromatic carbocycles. The summed E-state index contributed by atoms with van der Waals surface area (Å²) in [6.45, 7) is 4.62. The van der Waals surface area contributed by atoms with Gasteiger partial charge in [0.25, 0.3) is 11.5 Å². The highest BCUT2D eigenvalue weighted by Crippen LogP contribution is 2.25. The Morgan fingerprint density at radius 1 is 1.10 bits per heavy atom. The first-order chi connectivity index (χ1) is 18.9. The molecular weight excluding hydrogens is 534 g/mol. The summed E-state index contributed by atoms with van der Waals surface area (Å²) in [5, 5.41) is 6.13. The Kier molecular flexibility index (Phi) is 10.6. The Bertz CT molecular complexity index is 1380. The summed E-state index contributed by atoms with van der Waals surface area (Å²) in [6.07, 6.45) is 0.642. The molecule has 11 heteroatoms. The standard InChI is InChI=1S/C29H38ClN5O5/c1-29(2,18-31-27(37)22-16-20(30)12-13-24(22)40-19-39-6)17-25(36)32-26-23(14-15-33(3)4)34(5)35(28(26)38)21-10-8-7-9-11-21/h7-13,16H,14-15,17-19H2,1-6H3,(H,31,37)(H,32,36). The summed E-state index contributed by atoms with van der Waals surface area (Å²) in [7, 11) is 7.21. The Hall–Kier alpha value is -3.60. The van der Waals surface area contributed by atoms with E-state index in [0.717, 1.165) is 5.69 Å². The molecule has 0 bridgehead atoms. The summed E-state index contributed by atoms with van der Waals surface area (Å²) in [5.41, 5.74) is 1.04. The minimum absolute atomic E-state index is 0.0183. The maximum Gasteiger partial charge on any atom is 0.295 e. The summed E-state index contributed by atoms with van der Waals surface area (Å²) < 4.78 is 13.8. The number of hydrogen-bond acceptors (Lipinski definition) is 6. The van der Waals surface area contributed by atoms with Crippen LogP contribution in [0.4, 0.5) is 5.69 Å². The van der Waals surface area contributed by atoms with E-state index in [9.17, 15) is 14.4 Å². The number of rotatable bonds is 13. The molecule has 216 valence electrons. The van der Waals surface area contributed by atoms with Crippen molar-refractivity contribution in [2.24, 2.45) is 12.5 Å². The highest BCUT2D eigenvalue weighted by atomic mass is 35.5. The van der Waals surface area contributed by atoms with Gasteiger partial charge in [0.1, 0.15) is 11.4 Å². The lowest BCUT2D eigenvalue weighted by molar-refractivity contribution is -0.118. The van der Waals surface area contributed by atoms with Gasteiger partial charge in [-0.2, -0.15) is 0 Å². The van der Waals surface area contributed by atoms with E-state index in [1.807, 2.05) is 70.2 Å². The van der Waals surface area contributed by atoms with Gasteiger partial charge in [-0.3, -0.25) is 19.1 Å². The third-order valence-electron chi connectivity index (χ3n) is 6.33. The van der Waals surface area contributed by atoms with Crippen molar-refractivity contribution in [1.29, 1.82) is 0 Å². The van der Waals surface area contributed by atoms with Crippen LogP contribution in [0.25, 0.3) is 5.69 Å².